The first kappa shape index (κ1) is 19.6. The summed E-state index contributed by atoms with van der Waals surface area (Å²) >= 11 is 0. The van der Waals surface area contributed by atoms with Crippen LogP contribution >= 0.6 is 0 Å². The molecule has 0 radical (unpaired) electrons. The summed E-state index contributed by atoms with van der Waals surface area (Å²) in [6, 6.07) is 11.7. The van der Waals surface area contributed by atoms with Crippen LogP contribution in [0.15, 0.2) is 51.8 Å². The summed E-state index contributed by atoms with van der Waals surface area (Å²) in [5.74, 6) is -0.277. The number of rotatable bonds is 3. The van der Waals surface area contributed by atoms with Crippen molar-refractivity contribution in [3.63, 3.8) is 0 Å². The number of fused-ring (bicyclic) bond motifs is 1. The van der Waals surface area contributed by atoms with Crippen molar-refractivity contribution in [1.29, 1.82) is 0 Å². The van der Waals surface area contributed by atoms with E-state index in [2.05, 4.69) is 9.71 Å². The second-order valence-electron chi connectivity index (χ2n) is 7.47. The number of amides is 1. The Morgan fingerprint density at radius 3 is 2.86 bits per heavy atom. The van der Waals surface area contributed by atoms with E-state index in [1.54, 1.807) is 43.3 Å². The fraction of sp³-hybridized carbons (Fsp3) is 0.333. The third-order valence-corrected chi connectivity index (χ3v) is 6.73. The van der Waals surface area contributed by atoms with Crippen LogP contribution in [0.2, 0.25) is 0 Å². The first-order valence-corrected chi connectivity index (χ1v) is 11.0. The van der Waals surface area contributed by atoms with Crippen molar-refractivity contribution in [3.8, 4) is 0 Å². The minimum atomic E-state index is -3.69. The van der Waals surface area contributed by atoms with Crippen LogP contribution in [0, 0.1) is 18.7 Å². The number of aryl methyl sites for hydroxylation is 1. The number of nitrogens with zero attached hydrogens (tertiary/aromatic N) is 2. The number of sulfonamides is 1. The molecule has 29 heavy (non-hydrogen) atoms. The second-order valence-corrected chi connectivity index (χ2v) is 9.05. The van der Waals surface area contributed by atoms with Gasteiger partial charge in [0.05, 0.1) is 5.92 Å². The van der Waals surface area contributed by atoms with Crippen LogP contribution in [0.3, 0.4) is 0 Å². The lowest BCUT2D eigenvalue weighted by atomic mass is 9.96. The van der Waals surface area contributed by atoms with Gasteiger partial charge in [-0.2, -0.15) is 8.42 Å². The minimum Gasteiger partial charge on any atom is -0.355 e. The molecule has 0 saturated carbocycles. The molecule has 4 rings (SSSR count). The van der Waals surface area contributed by atoms with Crippen molar-refractivity contribution >= 4 is 21.8 Å². The topological polar surface area (TPSA) is 78.8 Å². The van der Waals surface area contributed by atoms with Gasteiger partial charge in [0, 0.05) is 25.2 Å². The maximum atomic E-state index is 13.7. The Morgan fingerprint density at radius 1 is 1.28 bits per heavy atom. The third kappa shape index (κ3) is 3.89. The van der Waals surface area contributed by atoms with Crippen molar-refractivity contribution < 1.29 is 17.6 Å². The van der Waals surface area contributed by atoms with Gasteiger partial charge in [-0.15, -0.1) is 4.40 Å². The van der Waals surface area contributed by atoms with Crippen molar-refractivity contribution in [3.05, 3.63) is 65.0 Å². The summed E-state index contributed by atoms with van der Waals surface area (Å²) in [7, 11) is -3.69. The zero-order valence-corrected chi connectivity index (χ0v) is 16.9. The molecule has 0 aliphatic carbocycles. The lowest BCUT2D eigenvalue weighted by molar-refractivity contribution is -0.126. The molecule has 152 valence electrons. The van der Waals surface area contributed by atoms with Gasteiger partial charge in [-0.05, 0) is 49.1 Å². The Kier molecular flexibility index (Phi) is 5.12. The minimum absolute atomic E-state index is 0.120. The third-order valence-electron chi connectivity index (χ3n) is 5.41. The van der Waals surface area contributed by atoms with Crippen molar-refractivity contribution in [1.82, 2.24) is 10.2 Å². The standard InChI is InChI=1S/C21H22FN3O3S/c1-14-8-9-15(11-18(14)22)12-23-21(26)16-5-4-10-25(13-16)20-17-6-2-3-7-19(17)29(27,28)24-20/h2-3,6-9,11,16H,4-5,10,12-13H2,1H3,(H,23,26)/t16-/m1/s1. The second kappa shape index (κ2) is 7.59. The average molecular weight is 415 g/mol. The molecule has 6 nitrogen and oxygen atoms in total. The van der Waals surface area contributed by atoms with E-state index in [1.807, 2.05) is 4.90 Å². The van der Waals surface area contributed by atoms with Gasteiger partial charge in [0.1, 0.15) is 10.7 Å². The SMILES string of the molecule is Cc1ccc(CNC(=O)[C@@H]2CCCN(C3=NS(=O)(=O)c4ccccc43)C2)cc1F. The number of likely N-dealkylation sites (tertiary alicyclic amines) is 1. The Bertz CT molecular complexity index is 1100. The molecular weight excluding hydrogens is 393 g/mol. The lowest BCUT2D eigenvalue weighted by Gasteiger charge is -2.33. The summed E-state index contributed by atoms with van der Waals surface area (Å²) in [6.45, 7) is 3.00. The van der Waals surface area contributed by atoms with E-state index in [0.717, 1.165) is 6.42 Å². The first-order chi connectivity index (χ1) is 13.8. The Labute approximate surface area is 169 Å². The number of amidine groups is 1. The van der Waals surface area contributed by atoms with Gasteiger partial charge in [0.2, 0.25) is 5.91 Å². The predicted octanol–water partition coefficient (Wildman–Crippen LogP) is 2.61. The van der Waals surface area contributed by atoms with Crippen LogP contribution in [0.5, 0.6) is 0 Å². The van der Waals surface area contributed by atoms with E-state index >= 15 is 0 Å². The normalized spacial score (nSPS) is 20.1. The highest BCUT2D eigenvalue weighted by atomic mass is 32.2. The molecule has 2 aromatic rings. The molecule has 0 aromatic heterocycles. The van der Waals surface area contributed by atoms with Gasteiger partial charge >= 0.3 is 0 Å². The number of carbonyl (C=O) groups is 1. The van der Waals surface area contributed by atoms with Crippen LogP contribution in [0.1, 0.15) is 29.5 Å². The molecule has 1 atom stereocenters. The number of halogens is 1. The molecule has 8 heteroatoms. The zero-order valence-electron chi connectivity index (χ0n) is 16.1. The Morgan fingerprint density at radius 2 is 2.07 bits per heavy atom. The molecule has 2 heterocycles. The van der Waals surface area contributed by atoms with Gasteiger partial charge < -0.3 is 10.2 Å². The molecule has 0 bridgehead atoms. The highest BCUT2D eigenvalue weighted by molar-refractivity contribution is 7.90. The average Bonchev–Trinajstić information content (AvgIpc) is 3.00. The molecule has 1 amide bonds. The maximum absolute atomic E-state index is 13.7. The Balaban J connectivity index is 1.45. The van der Waals surface area contributed by atoms with Crippen LogP contribution in [0.4, 0.5) is 4.39 Å². The summed E-state index contributed by atoms with van der Waals surface area (Å²) < 4.78 is 42.3. The highest BCUT2D eigenvalue weighted by Gasteiger charge is 2.35. The van der Waals surface area contributed by atoms with E-state index in [-0.39, 0.29) is 29.1 Å². The van der Waals surface area contributed by atoms with E-state index in [0.29, 0.717) is 42.0 Å². The van der Waals surface area contributed by atoms with Gasteiger partial charge in [-0.1, -0.05) is 24.3 Å². The number of nitrogens with one attached hydrogen (secondary N) is 1. The number of benzene rings is 2. The summed E-state index contributed by atoms with van der Waals surface area (Å²) in [4.78, 5) is 14.8. The van der Waals surface area contributed by atoms with Gasteiger partial charge in [0.25, 0.3) is 10.0 Å². The molecular formula is C21H22FN3O3S. The van der Waals surface area contributed by atoms with E-state index in [4.69, 9.17) is 0 Å². The molecule has 1 N–H and O–H groups in total. The molecule has 0 unspecified atom stereocenters. The quantitative estimate of drug-likeness (QED) is 0.836. The maximum Gasteiger partial charge on any atom is 0.285 e. The van der Waals surface area contributed by atoms with Crippen LogP contribution in [0.25, 0.3) is 0 Å². The number of hydrogen-bond donors (Lipinski definition) is 1. The van der Waals surface area contributed by atoms with Crippen molar-refractivity contribution in [2.45, 2.75) is 31.2 Å². The zero-order chi connectivity index (χ0) is 20.6. The molecule has 1 fully saturated rings. The smallest absolute Gasteiger partial charge is 0.285 e. The molecule has 0 spiro atoms. The fourth-order valence-corrected chi connectivity index (χ4v) is 5.01. The van der Waals surface area contributed by atoms with Crippen molar-refractivity contribution in [2.75, 3.05) is 13.1 Å². The summed E-state index contributed by atoms with van der Waals surface area (Å²) in [5.41, 5.74) is 1.86. The van der Waals surface area contributed by atoms with Gasteiger partial charge in [0.15, 0.2) is 5.84 Å². The number of hydrogen-bond acceptors (Lipinski definition) is 4. The van der Waals surface area contributed by atoms with E-state index < -0.39 is 10.0 Å². The Hall–Kier alpha value is -2.74. The monoisotopic (exact) mass is 415 g/mol. The van der Waals surface area contributed by atoms with Crippen molar-refractivity contribution in [2.24, 2.45) is 10.3 Å². The first-order valence-electron chi connectivity index (χ1n) is 9.57. The van der Waals surface area contributed by atoms with Gasteiger partial charge in [-0.3, -0.25) is 4.79 Å². The van der Waals surface area contributed by atoms with Gasteiger partial charge in [-0.25, -0.2) is 4.39 Å². The molecule has 1 saturated heterocycles. The number of piperidine rings is 1. The van der Waals surface area contributed by atoms with E-state index in [9.17, 15) is 17.6 Å². The summed E-state index contributed by atoms with van der Waals surface area (Å²) in [5, 5.41) is 2.87. The largest absolute Gasteiger partial charge is 0.355 e. The highest BCUT2D eigenvalue weighted by Crippen LogP contribution is 2.29. The van der Waals surface area contributed by atoms with Crippen LogP contribution < -0.4 is 5.32 Å². The fourth-order valence-electron chi connectivity index (χ4n) is 3.78. The molecule has 2 aliphatic heterocycles. The van der Waals surface area contributed by atoms with E-state index in [1.165, 1.54) is 6.07 Å². The summed E-state index contributed by atoms with van der Waals surface area (Å²) in [6.07, 6.45) is 1.48. The molecule has 2 aliphatic rings. The predicted molar refractivity (Wildman–Crippen MR) is 107 cm³/mol. The lowest BCUT2D eigenvalue weighted by Crippen LogP contribution is -2.45. The van der Waals surface area contributed by atoms with Crippen LogP contribution in [-0.2, 0) is 21.4 Å². The molecule has 2 aromatic carbocycles. The number of carbonyl (C=O) groups excluding carboxylic acids is 1. The van der Waals surface area contributed by atoms with Crippen LogP contribution in [-0.4, -0.2) is 38.2 Å².